The Labute approximate surface area is 89.8 Å². The zero-order valence-corrected chi connectivity index (χ0v) is 9.95. The molecule has 0 radical (unpaired) electrons. The number of aryl methyl sites for hydroxylation is 1. The molecule has 0 bridgehead atoms. The third-order valence-corrected chi connectivity index (χ3v) is 4.62. The normalized spacial score (nSPS) is 30.0. The van der Waals surface area contributed by atoms with E-state index in [9.17, 15) is 5.11 Å². The summed E-state index contributed by atoms with van der Waals surface area (Å²) >= 11 is 1.77. The average molecular weight is 210 g/mol. The fourth-order valence-electron chi connectivity index (χ4n) is 2.17. The Hall–Kier alpha value is -0.340. The molecule has 2 rings (SSSR count). The van der Waals surface area contributed by atoms with E-state index in [-0.39, 0.29) is 5.41 Å². The second-order valence-corrected chi connectivity index (χ2v) is 6.27. The molecule has 1 fully saturated rings. The van der Waals surface area contributed by atoms with Crippen molar-refractivity contribution in [3.63, 3.8) is 0 Å². The maximum absolute atomic E-state index is 10.4. The van der Waals surface area contributed by atoms with Gasteiger partial charge >= 0.3 is 0 Å². The molecule has 0 spiro atoms. The molecule has 1 aliphatic rings. The van der Waals surface area contributed by atoms with Crippen LogP contribution < -0.4 is 0 Å². The van der Waals surface area contributed by atoms with E-state index < -0.39 is 5.60 Å². The second-order valence-electron chi connectivity index (χ2n) is 5.16. The average Bonchev–Trinajstić information content (AvgIpc) is 2.49. The first-order valence-corrected chi connectivity index (χ1v) is 6.07. The van der Waals surface area contributed by atoms with Crippen molar-refractivity contribution in [2.24, 2.45) is 5.41 Å². The van der Waals surface area contributed by atoms with Gasteiger partial charge in [0.15, 0.2) is 0 Å². The van der Waals surface area contributed by atoms with Crippen LogP contribution in [-0.2, 0) is 6.42 Å². The topological polar surface area (TPSA) is 20.2 Å². The van der Waals surface area contributed by atoms with Crippen LogP contribution in [-0.4, -0.2) is 10.7 Å². The van der Waals surface area contributed by atoms with E-state index in [0.29, 0.717) is 0 Å². The quantitative estimate of drug-likeness (QED) is 0.795. The lowest BCUT2D eigenvalue weighted by molar-refractivity contribution is -0.146. The van der Waals surface area contributed by atoms with E-state index in [1.807, 2.05) is 0 Å². The summed E-state index contributed by atoms with van der Waals surface area (Å²) in [6.07, 6.45) is 2.92. The summed E-state index contributed by atoms with van der Waals surface area (Å²) in [4.78, 5) is 1.33. The van der Waals surface area contributed by atoms with Gasteiger partial charge in [-0.3, -0.25) is 0 Å². The molecule has 1 N–H and O–H groups in total. The molecule has 0 amide bonds. The van der Waals surface area contributed by atoms with Crippen molar-refractivity contribution in [3.8, 4) is 0 Å². The summed E-state index contributed by atoms with van der Waals surface area (Å²) in [5.74, 6) is 0. The third kappa shape index (κ3) is 1.51. The van der Waals surface area contributed by atoms with Gasteiger partial charge in [-0.15, -0.1) is 11.3 Å². The minimum Gasteiger partial charge on any atom is -0.389 e. The molecule has 1 atom stereocenters. The van der Waals surface area contributed by atoms with Crippen LogP contribution in [0.4, 0.5) is 0 Å². The van der Waals surface area contributed by atoms with Gasteiger partial charge in [0.05, 0.1) is 5.60 Å². The molecule has 2 heteroatoms. The maximum atomic E-state index is 10.4. The highest BCUT2D eigenvalue weighted by Gasteiger charge is 2.51. The number of hydrogen-bond acceptors (Lipinski definition) is 2. The van der Waals surface area contributed by atoms with Crippen LogP contribution in [0.25, 0.3) is 0 Å². The van der Waals surface area contributed by atoms with Gasteiger partial charge in [-0.05, 0) is 42.2 Å². The standard InChI is InChI=1S/C12H18OS/c1-9-6-10(8-14-9)7-12(13)5-4-11(12,2)3/h6,8,13H,4-5,7H2,1-3H3. The lowest BCUT2D eigenvalue weighted by atomic mass is 9.57. The van der Waals surface area contributed by atoms with Gasteiger partial charge < -0.3 is 5.11 Å². The lowest BCUT2D eigenvalue weighted by Crippen LogP contribution is -2.55. The van der Waals surface area contributed by atoms with Gasteiger partial charge in [-0.25, -0.2) is 0 Å². The highest BCUT2D eigenvalue weighted by atomic mass is 32.1. The summed E-state index contributed by atoms with van der Waals surface area (Å²) in [6.45, 7) is 6.44. The van der Waals surface area contributed by atoms with Gasteiger partial charge in [0, 0.05) is 11.3 Å². The van der Waals surface area contributed by atoms with Crippen LogP contribution in [0, 0.1) is 12.3 Å². The Bertz CT molecular complexity index is 340. The fourth-order valence-corrected chi connectivity index (χ4v) is 2.88. The van der Waals surface area contributed by atoms with Crippen LogP contribution in [0.15, 0.2) is 11.4 Å². The predicted octanol–water partition coefficient (Wildman–Crippen LogP) is 3.15. The minimum absolute atomic E-state index is 0.100. The van der Waals surface area contributed by atoms with Gasteiger partial charge in [0.1, 0.15) is 0 Å². The lowest BCUT2D eigenvalue weighted by Gasteiger charge is -2.52. The molecule has 1 nitrogen and oxygen atoms in total. The van der Waals surface area contributed by atoms with Crippen molar-refractivity contribution < 1.29 is 5.11 Å². The monoisotopic (exact) mass is 210 g/mol. The van der Waals surface area contributed by atoms with E-state index in [1.54, 1.807) is 11.3 Å². The van der Waals surface area contributed by atoms with Crippen LogP contribution in [0.3, 0.4) is 0 Å². The number of aliphatic hydroxyl groups is 1. The Morgan fingerprint density at radius 3 is 2.50 bits per heavy atom. The highest BCUT2D eigenvalue weighted by Crippen LogP contribution is 2.51. The molecule has 78 valence electrons. The largest absolute Gasteiger partial charge is 0.389 e. The highest BCUT2D eigenvalue weighted by molar-refractivity contribution is 7.10. The third-order valence-electron chi connectivity index (χ3n) is 3.70. The van der Waals surface area contributed by atoms with Gasteiger partial charge in [0.25, 0.3) is 0 Å². The van der Waals surface area contributed by atoms with E-state index in [2.05, 4.69) is 32.2 Å². The summed E-state index contributed by atoms with van der Waals surface area (Å²) in [5, 5.41) is 12.6. The molecular formula is C12H18OS. The number of thiophene rings is 1. The smallest absolute Gasteiger partial charge is 0.0739 e. The molecule has 1 aromatic heterocycles. The molecule has 0 aliphatic heterocycles. The Morgan fingerprint density at radius 2 is 2.14 bits per heavy atom. The van der Waals surface area contributed by atoms with Crippen molar-refractivity contribution in [1.82, 2.24) is 0 Å². The zero-order valence-electron chi connectivity index (χ0n) is 9.13. The Balaban J connectivity index is 2.11. The molecule has 1 saturated carbocycles. The van der Waals surface area contributed by atoms with E-state index in [0.717, 1.165) is 19.3 Å². The molecule has 1 unspecified atom stereocenters. The molecule has 0 saturated heterocycles. The first-order valence-electron chi connectivity index (χ1n) is 5.19. The minimum atomic E-state index is -0.458. The summed E-state index contributed by atoms with van der Waals surface area (Å²) in [5.41, 5.74) is 0.936. The van der Waals surface area contributed by atoms with Crippen LogP contribution >= 0.6 is 11.3 Å². The molecular weight excluding hydrogens is 192 g/mol. The molecule has 1 aromatic rings. The van der Waals surface area contributed by atoms with Gasteiger partial charge in [-0.2, -0.15) is 0 Å². The summed E-state index contributed by atoms with van der Waals surface area (Å²) in [6, 6.07) is 2.19. The van der Waals surface area contributed by atoms with Gasteiger partial charge in [-0.1, -0.05) is 13.8 Å². The first kappa shape index (κ1) is 10.2. The Morgan fingerprint density at radius 1 is 1.43 bits per heavy atom. The van der Waals surface area contributed by atoms with E-state index in [4.69, 9.17) is 0 Å². The molecule has 0 aromatic carbocycles. The Kier molecular flexibility index (Phi) is 2.24. The van der Waals surface area contributed by atoms with Crippen LogP contribution in [0.2, 0.25) is 0 Å². The zero-order chi connectivity index (χ0) is 10.4. The molecule has 1 aliphatic carbocycles. The van der Waals surface area contributed by atoms with Crippen LogP contribution in [0.1, 0.15) is 37.1 Å². The van der Waals surface area contributed by atoms with E-state index in [1.165, 1.54) is 10.4 Å². The predicted molar refractivity (Wildman–Crippen MR) is 60.7 cm³/mol. The maximum Gasteiger partial charge on any atom is 0.0739 e. The van der Waals surface area contributed by atoms with Crippen molar-refractivity contribution >= 4 is 11.3 Å². The van der Waals surface area contributed by atoms with Crippen LogP contribution in [0.5, 0.6) is 0 Å². The summed E-state index contributed by atoms with van der Waals surface area (Å²) < 4.78 is 0. The molecule has 14 heavy (non-hydrogen) atoms. The van der Waals surface area contributed by atoms with Crippen molar-refractivity contribution in [2.75, 3.05) is 0 Å². The number of hydrogen-bond donors (Lipinski definition) is 1. The van der Waals surface area contributed by atoms with Crippen molar-refractivity contribution in [2.45, 2.75) is 45.6 Å². The van der Waals surface area contributed by atoms with Crippen molar-refractivity contribution in [3.05, 3.63) is 21.9 Å². The molecule has 1 heterocycles. The SMILES string of the molecule is Cc1cc(CC2(O)CCC2(C)C)cs1. The van der Waals surface area contributed by atoms with Gasteiger partial charge in [0.2, 0.25) is 0 Å². The van der Waals surface area contributed by atoms with E-state index >= 15 is 0 Å². The first-order chi connectivity index (χ1) is 6.43. The summed E-state index contributed by atoms with van der Waals surface area (Å²) in [7, 11) is 0. The number of rotatable bonds is 2. The fraction of sp³-hybridized carbons (Fsp3) is 0.667. The van der Waals surface area contributed by atoms with Crippen molar-refractivity contribution in [1.29, 1.82) is 0 Å². The second kappa shape index (κ2) is 3.07.